The van der Waals surface area contributed by atoms with Crippen LogP contribution in [0.2, 0.25) is 5.02 Å². The zero-order valence-corrected chi connectivity index (χ0v) is 21.4. The molecule has 4 rings (SSSR count). The van der Waals surface area contributed by atoms with Crippen LogP contribution < -0.4 is 4.74 Å². The standard InChI is InChI=1S/C27H31ClN2O4S/c1-33-26-9-5-8-23(18-26)20-34-27(24-10-12-25(28)13-11-24)19-29-14-16-30(17-15-29)35(31,32)21-22-6-3-2-4-7-22/h2-13,18,27H,14-17,19-21H2,1H3/t27-/m1/s1. The fraction of sp³-hybridized carbons (Fsp3) is 0.333. The van der Waals surface area contributed by atoms with Crippen molar-refractivity contribution >= 4 is 21.6 Å². The van der Waals surface area contributed by atoms with Gasteiger partial charge in [0, 0.05) is 37.7 Å². The Morgan fingerprint density at radius 1 is 0.886 bits per heavy atom. The van der Waals surface area contributed by atoms with Gasteiger partial charge in [0.15, 0.2) is 0 Å². The van der Waals surface area contributed by atoms with E-state index in [4.69, 9.17) is 21.1 Å². The molecule has 0 bridgehead atoms. The van der Waals surface area contributed by atoms with Crippen LogP contribution in [0.5, 0.6) is 5.75 Å². The van der Waals surface area contributed by atoms with Crippen LogP contribution in [0, 0.1) is 0 Å². The van der Waals surface area contributed by atoms with Crippen LogP contribution in [0.3, 0.4) is 0 Å². The number of rotatable bonds is 10. The Morgan fingerprint density at radius 3 is 2.26 bits per heavy atom. The minimum Gasteiger partial charge on any atom is -0.497 e. The highest BCUT2D eigenvalue weighted by molar-refractivity contribution is 7.88. The monoisotopic (exact) mass is 514 g/mol. The molecule has 0 amide bonds. The minimum absolute atomic E-state index is 0.0326. The molecule has 186 valence electrons. The largest absolute Gasteiger partial charge is 0.497 e. The lowest BCUT2D eigenvalue weighted by molar-refractivity contribution is 0.00767. The molecule has 8 heteroatoms. The Hall–Kier alpha value is -2.42. The molecule has 1 aliphatic rings. The molecule has 0 radical (unpaired) electrons. The van der Waals surface area contributed by atoms with Gasteiger partial charge in [-0.2, -0.15) is 4.31 Å². The van der Waals surface area contributed by atoms with E-state index in [9.17, 15) is 8.42 Å². The number of sulfonamides is 1. The molecular weight excluding hydrogens is 484 g/mol. The van der Waals surface area contributed by atoms with Gasteiger partial charge in [-0.1, -0.05) is 66.2 Å². The molecule has 1 heterocycles. The zero-order valence-electron chi connectivity index (χ0n) is 19.8. The summed E-state index contributed by atoms with van der Waals surface area (Å²) in [6.07, 6.45) is -0.175. The van der Waals surface area contributed by atoms with Gasteiger partial charge in [0.1, 0.15) is 5.75 Å². The minimum atomic E-state index is -3.35. The third-order valence-corrected chi connectivity index (χ3v) is 8.27. The SMILES string of the molecule is COc1cccc(CO[C@H](CN2CCN(S(=O)(=O)Cc3ccccc3)CC2)c2ccc(Cl)cc2)c1. The Kier molecular flexibility index (Phi) is 8.81. The van der Waals surface area contributed by atoms with E-state index in [1.165, 1.54) is 0 Å². The van der Waals surface area contributed by atoms with Crippen molar-refractivity contribution in [2.75, 3.05) is 39.8 Å². The van der Waals surface area contributed by atoms with Crippen LogP contribution >= 0.6 is 11.6 Å². The van der Waals surface area contributed by atoms with Gasteiger partial charge in [-0.3, -0.25) is 4.90 Å². The van der Waals surface area contributed by atoms with Crippen molar-refractivity contribution in [2.45, 2.75) is 18.5 Å². The normalized spacial score (nSPS) is 16.2. The van der Waals surface area contributed by atoms with Crippen molar-refractivity contribution in [3.8, 4) is 5.75 Å². The summed E-state index contributed by atoms with van der Waals surface area (Å²) < 4.78 is 39.1. The number of piperazine rings is 1. The van der Waals surface area contributed by atoms with E-state index in [1.54, 1.807) is 11.4 Å². The Labute approximate surface area is 213 Å². The van der Waals surface area contributed by atoms with Crippen molar-refractivity contribution in [1.29, 1.82) is 0 Å². The van der Waals surface area contributed by atoms with Gasteiger partial charge in [0.2, 0.25) is 10.0 Å². The lowest BCUT2D eigenvalue weighted by atomic mass is 10.1. The van der Waals surface area contributed by atoms with Gasteiger partial charge in [-0.25, -0.2) is 8.42 Å². The first-order valence-corrected chi connectivity index (χ1v) is 13.7. The first-order valence-electron chi connectivity index (χ1n) is 11.7. The topological polar surface area (TPSA) is 59.1 Å². The molecule has 0 saturated carbocycles. The molecule has 35 heavy (non-hydrogen) atoms. The lowest BCUT2D eigenvalue weighted by Gasteiger charge is -2.36. The summed E-state index contributed by atoms with van der Waals surface area (Å²) in [5.74, 6) is 0.826. The number of halogens is 1. The fourth-order valence-electron chi connectivity index (χ4n) is 4.19. The Balaban J connectivity index is 1.38. The molecule has 0 aliphatic carbocycles. The van der Waals surface area contributed by atoms with Crippen molar-refractivity contribution in [3.63, 3.8) is 0 Å². The highest BCUT2D eigenvalue weighted by Gasteiger charge is 2.28. The number of hydrogen-bond donors (Lipinski definition) is 0. The van der Waals surface area contributed by atoms with E-state index in [0.717, 1.165) is 22.4 Å². The van der Waals surface area contributed by atoms with Crippen LogP contribution in [0.25, 0.3) is 0 Å². The summed E-state index contributed by atoms with van der Waals surface area (Å²) in [5, 5.41) is 0.678. The molecule has 1 fully saturated rings. The van der Waals surface area contributed by atoms with E-state index in [1.807, 2.05) is 78.9 Å². The molecule has 3 aromatic carbocycles. The molecular formula is C27H31ClN2O4S. The lowest BCUT2D eigenvalue weighted by Crippen LogP contribution is -2.49. The first kappa shape index (κ1) is 25.7. The highest BCUT2D eigenvalue weighted by atomic mass is 35.5. The predicted molar refractivity (Wildman–Crippen MR) is 139 cm³/mol. The van der Waals surface area contributed by atoms with Crippen molar-refractivity contribution < 1.29 is 17.9 Å². The quantitative estimate of drug-likeness (QED) is 0.390. The van der Waals surface area contributed by atoms with Gasteiger partial charge in [0.05, 0.1) is 25.6 Å². The second kappa shape index (κ2) is 12.0. The van der Waals surface area contributed by atoms with E-state index < -0.39 is 10.0 Å². The predicted octanol–water partition coefficient (Wildman–Crippen LogP) is 4.75. The van der Waals surface area contributed by atoms with Gasteiger partial charge in [-0.15, -0.1) is 0 Å². The maximum Gasteiger partial charge on any atom is 0.218 e. The number of nitrogens with zero attached hydrogens (tertiary/aromatic N) is 2. The van der Waals surface area contributed by atoms with Crippen LogP contribution in [-0.2, 0) is 27.1 Å². The van der Waals surface area contributed by atoms with E-state index in [0.29, 0.717) is 44.4 Å². The number of benzene rings is 3. The molecule has 0 N–H and O–H groups in total. The number of methoxy groups -OCH3 is 1. The van der Waals surface area contributed by atoms with E-state index >= 15 is 0 Å². The van der Waals surface area contributed by atoms with Crippen molar-refractivity contribution in [2.24, 2.45) is 0 Å². The van der Waals surface area contributed by atoms with E-state index in [2.05, 4.69) is 4.90 Å². The summed E-state index contributed by atoms with van der Waals surface area (Å²) in [6, 6.07) is 24.9. The van der Waals surface area contributed by atoms with Crippen molar-refractivity contribution in [1.82, 2.24) is 9.21 Å². The molecule has 0 unspecified atom stereocenters. The Bertz CT molecular complexity index is 1180. The fourth-order valence-corrected chi connectivity index (χ4v) is 5.83. The molecule has 0 aromatic heterocycles. The zero-order chi connectivity index (χ0) is 24.7. The highest BCUT2D eigenvalue weighted by Crippen LogP contribution is 2.25. The maximum atomic E-state index is 12.9. The average molecular weight is 515 g/mol. The summed E-state index contributed by atoms with van der Waals surface area (Å²) in [4.78, 5) is 2.26. The molecule has 0 spiro atoms. The molecule has 3 aromatic rings. The Morgan fingerprint density at radius 2 is 1.57 bits per heavy atom. The van der Waals surface area contributed by atoms with Crippen LogP contribution in [0.4, 0.5) is 0 Å². The van der Waals surface area contributed by atoms with Gasteiger partial charge in [0.25, 0.3) is 0 Å². The van der Waals surface area contributed by atoms with Gasteiger partial charge >= 0.3 is 0 Å². The van der Waals surface area contributed by atoms with Crippen LogP contribution in [0.15, 0.2) is 78.9 Å². The third-order valence-electron chi connectivity index (χ3n) is 6.17. The van der Waals surface area contributed by atoms with Gasteiger partial charge in [-0.05, 0) is 41.0 Å². The molecule has 6 nitrogen and oxygen atoms in total. The molecule has 1 saturated heterocycles. The summed E-state index contributed by atoms with van der Waals surface area (Å²) in [5.41, 5.74) is 2.88. The number of ether oxygens (including phenoxy) is 2. The van der Waals surface area contributed by atoms with E-state index in [-0.39, 0.29) is 11.9 Å². The second-order valence-electron chi connectivity index (χ2n) is 8.64. The third kappa shape index (κ3) is 7.29. The first-order chi connectivity index (χ1) is 16.9. The summed E-state index contributed by atoms with van der Waals surface area (Å²) in [6.45, 7) is 3.35. The number of hydrogen-bond acceptors (Lipinski definition) is 5. The van der Waals surface area contributed by atoms with Crippen LogP contribution in [-0.4, -0.2) is 57.5 Å². The summed E-state index contributed by atoms with van der Waals surface area (Å²) in [7, 11) is -1.70. The second-order valence-corrected chi connectivity index (χ2v) is 11.0. The molecule has 1 aliphatic heterocycles. The van der Waals surface area contributed by atoms with Gasteiger partial charge < -0.3 is 9.47 Å². The molecule has 1 atom stereocenters. The average Bonchev–Trinajstić information content (AvgIpc) is 2.88. The van der Waals surface area contributed by atoms with Crippen LogP contribution in [0.1, 0.15) is 22.8 Å². The maximum absolute atomic E-state index is 12.9. The smallest absolute Gasteiger partial charge is 0.218 e. The van der Waals surface area contributed by atoms with Crippen molar-refractivity contribution in [3.05, 3.63) is 101 Å². The summed E-state index contributed by atoms with van der Waals surface area (Å²) >= 11 is 6.10.